The maximum absolute atomic E-state index is 12.3. The molecule has 2 saturated carbocycles. The number of carbonyl (C=O) groups excluding carboxylic acids is 2. The van der Waals surface area contributed by atoms with Gasteiger partial charge in [0.1, 0.15) is 34.5 Å². The van der Waals surface area contributed by atoms with Crippen LogP contribution in [0.25, 0.3) is 0 Å². The third-order valence-electron chi connectivity index (χ3n) is 11.2. The molecule has 4 fully saturated rings. The third-order valence-corrected chi connectivity index (χ3v) is 12.5. The third kappa shape index (κ3) is 16.7. The second kappa shape index (κ2) is 23.9. The molecule has 0 unspecified atom stereocenters. The number of piperazine rings is 2. The van der Waals surface area contributed by atoms with Crippen LogP contribution in [0.15, 0.2) is 58.0 Å². The van der Waals surface area contributed by atoms with E-state index in [1.165, 1.54) is 51.4 Å². The zero-order valence-electron chi connectivity index (χ0n) is 39.4. The van der Waals surface area contributed by atoms with Gasteiger partial charge in [-0.1, -0.05) is 25.7 Å². The van der Waals surface area contributed by atoms with E-state index in [1.54, 1.807) is 34.5 Å². The average molecular weight is 1070 g/mol. The Balaban J connectivity index is 0.000000184. The van der Waals surface area contributed by atoms with Crippen molar-refractivity contribution in [1.82, 2.24) is 39.7 Å². The van der Waals surface area contributed by atoms with Crippen LogP contribution in [0.4, 0.5) is 50.2 Å². The van der Waals surface area contributed by atoms with Crippen LogP contribution in [0.3, 0.4) is 0 Å². The van der Waals surface area contributed by atoms with E-state index in [0.29, 0.717) is 55.8 Å². The Morgan fingerprint density at radius 1 is 0.627 bits per heavy atom. The van der Waals surface area contributed by atoms with Crippen molar-refractivity contribution in [1.29, 1.82) is 0 Å². The molecule has 21 heteroatoms. The quantitative estimate of drug-likeness (QED) is 0.121. The van der Waals surface area contributed by atoms with Crippen LogP contribution in [0.1, 0.15) is 92.9 Å². The Morgan fingerprint density at radius 2 is 1.07 bits per heavy atom. The Bertz CT molecular complexity index is 2200. The second-order valence-corrected chi connectivity index (χ2v) is 20.9. The molecular weight excluding hydrogens is 1010 g/mol. The second-order valence-electron chi connectivity index (χ2n) is 18.9. The Kier molecular flexibility index (Phi) is 18.3. The lowest BCUT2D eigenvalue weighted by molar-refractivity contribution is 0.0230. The molecule has 0 bridgehead atoms. The minimum absolute atomic E-state index is 0.243. The summed E-state index contributed by atoms with van der Waals surface area (Å²) in [5.41, 5.74) is 6.70. The van der Waals surface area contributed by atoms with Gasteiger partial charge in [-0.3, -0.25) is 0 Å². The summed E-state index contributed by atoms with van der Waals surface area (Å²) >= 11 is 12.6. The summed E-state index contributed by atoms with van der Waals surface area (Å²) < 4.78 is 12.6. The van der Waals surface area contributed by atoms with Gasteiger partial charge in [0, 0.05) is 76.8 Å². The predicted molar refractivity (Wildman–Crippen MR) is 272 cm³/mol. The van der Waals surface area contributed by atoms with Gasteiger partial charge in [0.05, 0.1) is 32.7 Å². The summed E-state index contributed by atoms with van der Waals surface area (Å²) in [4.78, 5) is 57.7. The van der Waals surface area contributed by atoms with Crippen LogP contribution in [0, 0.1) is 0 Å². The fourth-order valence-corrected chi connectivity index (χ4v) is 8.54. The molecule has 2 aliphatic carbocycles. The van der Waals surface area contributed by atoms with Crippen LogP contribution < -0.4 is 31.5 Å². The SMILES string of the molecule is CC(C)(C)OC(=O)N1CCN(c2ccc(N)nc2)CC1.CC(C)(C)OC(=O)N1CCN(c2ccc(Nc3ncc(Br)c(NC4CCCC4)n3)nc2)CC1.Clc1ncc(Br)c(NC2CCCC2)n1. The van der Waals surface area contributed by atoms with E-state index in [9.17, 15) is 9.59 Å². The summed E-state index contributed by atoms with van der Waals surface area (Å²) in [6.45, 7) is 16.8. The zero-order chi connectivity index (χ0) is 48.1. The molecule has 18 nitrogen and oxygen atoms in total. The molecule has 5 N–H and O–H groups in total. The molecule has 0 atom stereocenters. The molecule has 6 heterocycles. The molecule has 0 aromatic carbocycles. The number of hydrogen-bond donors (Lipinski definition) is 4. The summed E-state index contributed by atoms with van der Waals surface area (Å²) in [6.07, 6.45) is 16.4. The highest BCUT2D eigenvalue weighted by Crippen LogP contribution is 2.29. The van der Waals surface area contributed by atoms with Gasteiger partial charge in [0.2, 0.25) is 11.2 Å². The molecule has 4 aromatic rings. The van der Waals surface area contributed by atoms with Crippen molar-refractivity contribution in [2.75, 3.05) is 83.8 Å². The lowest BCUT2D eigenvalue weighted by atomic mass is 10.2. The number of nitrogen functional groups attached to an aromatic ring is 1. The maximum Gasteiger partial charge on any atom is 0.410 e. The molecule has 2 amide bonds. The number of carbonyl (C=O) groups is 2. The van der Waals surface area contributed by atoms with Gasteiger partial charge < -0.3 is 50.8 Å². The van der Waals surface area contributed by atoms with Crippen molar-refractivity contribution in [2.24, 2.45) is 0 Å². The van der Waals surface area contributed by atoms with Crippen molar-refractivity contribution >= 4 is 96.2 Å². The average Bonchev–Trinajstić information content (AvgIpc) is 4.01. The summed E-state index contributed by atoms with van der Waals surface area (Å²) in [7, 11) is 0. The van der Waals surface area contributed by atoms with Crippen LogP contribution in [-0.4, -0.2) is 128 Å². The highest BCUT2D eigenvalue weighted by molar-refractivity contribution is 9.11. The minimum atomic E-state index is -0.479. The Morgan fingerprint density at radius 3 is 1.51 bits per heavy atom. The first-order chi connectivity index (χ1) is 31.9. The van der Waals surface area contributed by atoms with Crippen molar-refractivity contribution in [3.63, 3.8) is 0 Å². The topological polar surface area (TPSA) is 205 Å². The largest absolute Gasteiger partial charge is 0.444 e. The zero-order valence-corrected chi connectivity index (χ0v) is 43.3. The van der Waals surface area contributed by atoms with Gasteiger partial charge in [0.25, 0.3) is 0 Å². The summed E-state index contributed by atoms with van der Waals surface area (Å²) in [6, 6.07) is 8.69. The smallest absolute Gasteiger partial charge is 0.410 e. The molecule has 67 heavy (non-hydrogen) atoms. The van der Waals surface area contributed by atoms with E-state index in [4.69, 9.17) is 26.8 Å². The molecule has 364 valence electrons. The van der Waals surface area contributed by atoms with Gasteiger partial charge in [-0.25, -0.2) is 29.5 Å². The van der Waals surface area contributed by atoms with Gasteiger partial charge in [-0.05, 0) is 135 Å². The Labute approximate surface area is 416 Å². The lowest BCUT2D eigenvalue weighted by Crippen LogP contribution is -2.50. The van der Waals surface area contributed by atoms with E-state index in [-0.39, 0.29) is 17.5 Å². The molecule has 2 aliphatic heterocycles. The molecule has 0 radical (unpaired) electrons. The van der Waals surface area contributed by atoms with E-state index in [0.717, 1.165) is 58.1 Å². The number of nitrogens with one attached hydrogen (secondary N) is 3. The van der Waals surface area contributed by atoms with E-state index >= 15 is 0 Å². The molecular formula is C46H65Br2ClN14O4. The molecule has 4 aromatic heterocycles. The van der Waals surface area contributed by atoms with Crippen LogP contribution in [0.2, 0.25) is 5.28 Å². The lowest BCUT2D eigenvalue weighted by Gasteiger charge is -2.36. The van der Waals surface area contributed by atoms with Crippen molar-refractivity contribution in [3.05, 3.63) is 63.3 Å². The number of halogens is 3. The van der Waals surface area contributed by atoms with Crippen LogP contribution in [0.5, 0.6) is 0 Å². The molecule has 8 rings (SSSR count). The number of anilines is 7. The molecule has 0 spiro atoms. The van der Waals surface area contributed by atoms with Gasteiger partial charge in [-0.15, -0.1) is 0 Å². The number of nitrogens with two attached hydrogens (primary N) is 1. The predicted octanol–water partition coefficient (Wildman–Crippen LogP) is 9.76. The minimum Gasteiger partial charge on any atom is -0.444 e. The van der Waals surface area contributed by atoms with Gasteiger partial charge in [0.15, 0.2) is 0 Å². The van der Waals surface area contributed by atoms with Crippen molar-refractivity contribution < 1.29 is 19.1 Å². The number of pyridine rings is 2. The number of nitrogens with zero attached hydrogens (tertiary/aromatic N) is 10. The number of aromatic nitrogens is 6. The first-order valence-electron chi connectivity index (χ1n) is 23.0. The summed E-state index contributed by atoms with van der Waals surface area (Å²) in [5, 5.41) is 10.4. The number of hydrogen-bond acceptors (Lipinski definition) is 16. The highest BCUT2D eigenvalue weighted by Gasteiger charge is 2.28. The van der Waals surface area contributed by atoms with Crippen LogP contribution >= 0.6 is 43.5 Å². The van der Waals surface area contributed by atoms with E-state index < -0.39 is 11.2 Å². The fourth-order valence-electron chi connectivity index (χ4n) is 7.80. The molecule has 2 saturated heterocycles. The first-order valence-corrected chi connectivity index (χ1v) is 25.0. The van der Waals surface area contributed by atoms with Crippen molar-refractivity contribution in [2.45, 2.75) is 116 Å². The first kappa shape index (κ1) is 51.4. The highest BCUT2D eigenvalue weighted by atomic mass is 79.9. The number of rotatable bonds is 8. The van der Waals surface area contributed by atoms with E-state index in [1.807, 2.05) is 65.9 Å². The van der Waals surface area contributed by atoms with Crippen LogP contribution in [-0.2, 0) is 9.47 Å². The monoisotopic (exact) mass is 1070 g/mol. The maximum atomic E-state index is 12.3. The van der Waals surface area contributed by atoms with Gasteiger partial charge >= 0.3 is 12.2 Å². The fraction of sp³-hybridized carbons (Fsp3) is 0.565. The molecule has 4 aliphatic rings. The van der Waals surface area contributed by atoms with Crippen molar-refractivity contribution in [3.8, 4) is 0 Å². The van der Waals surface area contributed by atoms with E-state index in [2.05, 4.69) is 87.5 Å². The normalized spacial score (nSPS) is 16.9. The standard InChI is InChI=1S/C23H32BrN7O2.C14H22N4O2.C9H11BrClN3/c1-23(2,3)33-22(32)31-12-10-30(11-13-31)17-8-9-19(25-14-17)28-21-26-15-18(24)20(29-21)27-16-6-4-5-7-16;1-14(2,3)20-13(19)18-8-6-17(7-9-18)11-4-5-12(15)16-10-11;10-7-5-12-9(11)14-8(7)13-6-3-1-2-4-6/h8-9,14-16H,4-7,10-13H2,1-3H3,(H2,25,26,27,28,29);4-5,10H,6-9H2,1-3H3,(H2,15,16);5-6H,1-4H2,(H,12,13,14). The number of amides is 2. The number of ether oxygens (including phenoxy) is 2. The summed E-state index contributed by atoms with van der Waals surface area (Å²) in [5.74, 6) is 3.31. The Hall–Kier alpha value is -4.95. The van der Waals surface area contributed by atoms with Gasteiger partial charge in [-0.2, -0.15) is 9.97 Å².